The van der Waals surface area contributed by atoms with E-state index >= 15 is 0 Å². The summed E-state index contributed by atoms with van der Waals surface area (Å²) in [6.07, 6.45) is 2.20. The van der Waals surface area contributed by atoms with Crippen LogP contribution in [0.3, 0.4) is 0 Å². The van der Waals surface area contributed by atoms with E-state index in [9.17, 15) is 13.2 Å². The molecule has 0 saturated carbocycles. The Labute approximate surface area is 135 Å². The fourth-order valence-corrected chi connectivity index (χ4v) is 4.31. The first-order valence-corrected chi connectivity index (χ1v) is 9.00. The molecule has 0 spiro atoms. The zero-order valence-electron chi connectivity index (χ0n) is 13.1. The molecule has 1 aromatic carbocycles. The van der Waals surface area contributed by atoms with Crippen LogP contribution in [0.2, 0.25) is 0 Å². The lowest BCUT2D eigenvalue weighted by Gasteiger charge is -2.07. The van der Waals surface area contributed by atoms with Gasteiger partial charge in [-0.15, -0.1) is 0 Å². The third-order valence-electron chi connectivity index (χ3n) is 3.61. The van der Waals surface area contributed by atoms with Gasteiger partial charge in [0.1, 0.15) is 0 Å². The van der Waals surface area contributed by atoms with Gasteiger partial charge in [-0.05, 0) is 36.1 Å². The van der Waals surface area contributed by atoms with Crippen LogP contribution in [-0.2, 0) is 14.6 Å². The van der Waals surface area contributed by atoms with Crippen LogP contribution < -0.4 is 14.9 Å². The van der Waals surface area contributed by atoms with Gasteiger partial charge in [-0.25, -0.2) is 13.8 Å². The molecule has 1 atom stereocenters. The Hall–Kier alpha value is -2.09. The Morgan fingerprint density at radius 3 is 2.70 bits per heavy atom. The number of rotatable bonds is 6. The van der Waals surface area contributed by atoms with Gasteiger partial charge in [0.2, 0.25) is 5.91 Å². The van der Waals surface area contributed by atoms with Gasteiger partial charge >= 0.3 is 0 Å². The maximum Gasteiger partial charge on any atom is 0.240 e. The molecule has 7 nitrogen and oxygen atoms in total. The monoisotopic (exact) mass is 340 g/mol. The molecule has 126 valence electrons. The van der Waals surface area contributed by atoms with Crippen molar-refractivity contribution in [3.05, 3.63) is 23.8 Å². The van der Waals surface area contributed by atoms with Crippen molar-refractivity contribution in [2.24, 2.45) is 11.0 Å². The zero-order chi connectivity index (χ0) is 16.9. The molecule has 0 bridgehead atoms. The SMILES string of the molecule is COc1ccc(/C=N\NC(=O)C[C@H]2CCS(=O)(=O)C2)cc1OC. The zero-order valence-corrected chi connectivity index (χ0v) is 13.9. The molecule has 1 amide bonds. The number of benzene rings is 1. The highest BCUT2D eigenvalue weighted by atomic mass is 32.2. The largest absolute Gasteiger partial charge is 0.493 e. The standard InChI is InChI=1S/C15H20N2O5S/c1-21-13-4-3-11(7-14(13)22-2)9-16-17-15(18)8-12-5-6-23(19,20)10-12/h3-4,7,9,12H,5-6,8,10H2,1-2H3,(H,17,18)/b16-9-/t12-/m1/s1. The predicted molar refractivity (Wildman–Crippen MR) is 86.7 cm³/mol. The second-order valence-electron chi connectivity index (χ2n) is 5.38. The number of hydrogen-bond donors (Lipinski definition) is 1. The summed E-state index contributed by atoms with van der Waals surface area (Å²) in [5.41, 5.74) is 3.16. The van der Waals surface area contributed by atoms with Crippen LogP contribution in [0.1, 0.15) is 18.4 Å². The normalized spacial score (nSPS) is 19.7. The van der Waals surface area contributed by atoms with E-state index in [0.717, 1.165) is 5.56 Å². The Kier molecular flexibility index (Phi) is 5.59. The van der Waals surface area contributed by atoms with Crippen molar-refractivity contribution >= 4 is 22.0 Å². The lowest BCUT2D eigenvalue weighted by Crippen LogP contribution is -2.21. The Bertz CT molecular complexity index is 700. The third kappa shape index (κ3) is 4.95. The number of nitrogens with zero attached hydrogens (tertiary/aromatic N) is 1. The molecule has 1 aliphatic rings. The smallest absolute Gasteiger partial charge is 0.240 e. The molecule has 0 unspecified atom stereocenters. The lowest BCUT2D eigenvalue weighted by molar-refractivity contribution is -0.121. The summed E-state index contributed by atoms with van der Waals surface area (Å²) in [4.78, 5) is 11.8. The first-order chi connectivity index (χ1) is 10.9. The van der Waals surface area contributed by atoms with Crippen LogP contribution in [0.5, 0.6) is 11.5 Å². The highest BCUT2D eigenvalue weighted by molar-refractivity contribution is 7.91. The Morgan fingerprint density at radius 1 is 1.35 bits per heavy atom. The summed E-state index contributed by atoms with van der Waals surface area (Å²) in [6, 6.07) is 5.25. The second-order valence-corrected chi connectivity index (χ2v) is 7.61. The summed E-state index contributed by atoms with van der Waals surface area (Å²) < 4.78 is 33.0. The average molecular weight is 340 g/mol. The quantitative estimate of drug-likeness (QED) is 0.615. The number of carbonyl (C=O) groups excluding carboxylic acids is 1. The van der Waals surface area contributed by atoms with E-state index in [-0.39, 0.29) is 29.8 Å². The molecule has 23 heavy (non-hydrogen) atoms. The molecule has 0 aliphatic carbocycles. The fraction of sp³-hybridized carbons (Fsp3) is 0.467. The number of nitrogens with one attached hydrogen (secondary N) is 1. The van der Waals surface area contributed by atoms with Crippen molar-refractivity contribution in [1.82, 2.24) is 5.43 Å². The van der Waals surface area contributed by atoms with Crippen molar-refractivity contribution in [1.29, 1.82) is 0 Å². The molecule has 1 saturated heterocycles. The van der Waals surface area contributed by atoms with Crippen molar-refractivity contribution in [2.75, 3.05) is 25.7 Å². The van der Waals surface area contributed by atoms with Gasteiger partial charge in [-0.1, -0.05) is 0 Å². The van der Waals surface area contributed by atoms with Crippen LogP contribution >= 0.6 is 0 Å². The van der Waals surface area contributed by atoms with Crippen LogP contribution in [-0.4, -0.2) is 46.3 Å². The maximum atomic E-state index is 11.8. The predicted octanol–water partition coefficient (Wildman–Crippen LogP) is 0.979. The van der Waals surface area contributed by atoms with Crippen LogP contribution in [0, 0.1) is 5.92 Å². The number of hydrazone groups is 1. The Morgan fingerprint density at radius 2 is 2.09 bits per heavy atom. The molecule has 1 N–H and O–H groups in total. The van der Waals surface area contributed by atoms with E-state index < -0.39 is 9.84 Å². The third-order valence-corrected chi connectivity index (χ3v) is 5.45. The van der Waals surface area contributed by atoms with Gasteiger partial charge in [0, 0.05) is 6.42 Å². The van der Waals surface area contributed by atoms with Crippen molar-refractivity contribution in [3.63, 3.8) is 0 Å². The summed E-state index contributed by atoms with van der Waals surface area (Å²) in [6.45, 7) is 0. The Balaban J connectivity index is 1.87. The topological polar surface area (TPSA) is 94.1 Å². The average Bonchev–Trinajstić information content (AvgIpc) is 2.85. The molecule has 2 rings (SSSR count). The lowest BCUT2D eigenvalue weighted by atomic mass is 10.1. The molecular weight excluding hydrogens is 320 g/mol. The second kappa shape index (κ2) is 7.45. The number of methoxy groups -OCH3 is 2. The summed E-state index contributed by atoms with van der Waals surface area (Å²) >= 11 is 0. The summed E-state index contributed by atoms with van der Waals surface area (Å²) in [5.74, 6) is 1.02. The van der Waals surface area contributed by atoms with E-state index in [2.05, 4.69) is 10.5 Å². The van der Waals surface area contributed by atoms with Gasteiger partial charge in [-0.2, -0.15) is 5.10 Å². The molecule has 1 aliphatic heterocycles. The first-order valence-electron chi connectivity index (χ1n) is 7.18. The number of carbonyl (C=O) groups is 1. The minimum Gasteiger partial charge on any atom is -0.493 e. The molecule has 0 aromatic heterocycles. The van der Waals surface area contributed by atoms with E-state index in [1.807, 2.05) is 0 Å². The number of sulfone groups is 1. The van der Waals surface area contributed by atoms with Crippen LogP contribution in [0.15, 0.2) is 23.3 Å². The van der Waals surface area contributed by atoms with Gasteiger partial charge in [0.25, 0.3) is 0 Å². The highest BCUT2D eigenvalue weighted by Gasteiger charge is 2.29. The number of hydrogen-bond acceptors (Lipinski definition) is 6. The van der Waals surface area contributed by atoms with Crippen molar-refractivity contribution in [2.45, 2.75) is 12.8 Å². The first kappa shape index (κ1) is 17.3. The van der Waals surface area contributed by atoms with E-state index in [0.29, 0.717) is 17.9 Å². The van der Waals surface area contributed by atoms with E-state index in [4.69, 9.17) is 9.47 Å². The van der Waals surface area contributed by atoms with Crippen molar-refractivity contribution < 1.29 is 22.7 Å². The molecule has 1 fully saturated rings. The van der Waals surface area contributed by atoms with Crippen LogP contribution in [0.25, 0.3) is 0 Å². The molecule has 1 aromatic rings. The summed E-state index contributed by atoms with van der Waals surface area (Å²) in [7, 11) is 0.125. The van der Waals surface area contributed by atoms with Gasteiger partial charge in [-0.3, -0.25) is 4.79 Å². The molecular formula is C15H20N2O5S. The maximum absolute atomic E-state index is 11.8. The van der Waals surface area contributed by atoms with Gasteiger partial charge in [0.05, 0.1) is 31.9 Å². The van der Waals surface area contributed by atoms with E-state index in [1.54, 1.807) is 25.3 Å². The molecule has 0 radical (unpaired) electrons. The van der Waals surface area contributed by atoms with Crippen LogP contribution in [0.4, 0.5) is 0 Å². The fourth-order valence-electron chi connectivity index (χ4n) is 2.45. The number of amides is 1. The summed E-state index contributed by atoms with van der Waals surface area (Å²) in [5, 5.41) is 3.88. The van der Waals surface area contributed by atoms with E-state index in [1.165, 1.54) is 13.3 Å². The molecule has 8 heteroatoms. The number of ether oxygens (including phenoxy) is 2. The van der Waals surface area contributed by atoms with Gasteiger partial charge < -0.3 is 9.47 Å². The molecule has 1 heterocycles. The van der Waals surface area contributed by atoms with Crippen molar-refractivity contribution in [3.8, 4) is 11.5 Å². The minimum absolute atomic E-state index is 0.0831. The van der Waals surface area contributed by atoms with Gasteiger partial charge in [0.15, 0.2) is 21.3 Å². The highest BCUT2D eigenvalue weighted by Crippen LogP contribution is 2.26. The minimum atomic E-state index is -2.96.